The second kappa shape index (κ2) is 6.13. The maximum absolute atomic E-state index is 12.2. The van der Waals surface area contributed by atoms with Crippen LogP contribution in [0.5, 0.6) is 0 Å². The molecule has 0 N–H and O–H groups in total. The number of hydrogen-bond acceptors (Lipinski definition) is 4. The fourth-order valence-electron chi connectivity index (χ4n) is 1.73. The largest absolute Gasteiger partial charge is 0.396 e. The lowest BCUT2D eigenvalue weighted by Crippen LogP contribution is -2.12. The fraction of sp³-hybridized carbons (Fsp3) is 0.167. The summed E-state index contributed by atoms with van der Waals surface area (Å²) in [5.41, 5.74) is 0.368. The number of nitrogens with zero attached hydrogens (tertiary/aromatic N) is 3. The van der Waals surface area contributed by atoms with Crippen LogP contribution in [0.15, 0.2) is 22.8 Å². The van der Waals surface area contributed by atoms with Crippen molar-refractivity contribution in [2.24, 2.45) is 0 Å². The van der Waals surface area contributed by atoms with Crippen LogP contribution in [0.2, 0.25) is 10.0 Å². The Balaban J connectivity index is 2.31. The molecule has 0 unspecified atom stereocenters. The van der Waals surface area contributed by atoms with Crippen LogP contribution in [0.4, 0.5) is 5.82 Å². The molecule has 2 rings (SSSR count). The van der Waals surface area contributed by atoms with Gasteiger partial charge in [-0.1, -0.05) is 23.2 Å². The Bertz CT molecular complexity index is 746. The van der Waals surface area contributed by atoms with Gasteiger partial charge in [-0.25, -0.2) is 0 Å². The first-order chi connectivity index (χ1) is 9.81. The molecule has 1 heterocycles. The summed E-state index contributed by atoms with van der Waals surface area (Å²) in [7, 11) is 0. The average molecular weight is 393 g/mol. The molecule has 9 heteroatoms. The van der Waals surface area contributed by atoms with Crippen molar-refractivity contribution in [1.29, 1.82) is 0 Å². The quantitative estimate of drug-likeness (QED) is 0.446. The number of Topliss-reactive ketones (excluding diaryl/α,β-unsaturated/α-hetero) is 1. The Labute approximate surface area is 138 Å². The molecule has 110 valence electrons. The van der Waals surface area contributed by atoms with Crippen molar-refractivity contribution in [2.75, 3.05) is 0 Å². The molecule has 0 saturated carbocycles. The van der Waals surface area contributed by atoms with Crippen molar-refractivity contribution in [2.45, 2.75) is 13.5 Å². The van der Waals surface area contributed by atoms with E-state index in [-0.39, 0.29) is 27.8 Å². The Kier molecular flexibility index (Phi) is 4.65. The Morgan fingerprint density at radius 2 is 2.10 bits per heavy atom. The first-order valence-electron chi connectivity index (χ1n) is 5.66. The number of rotatable bonds is 4. The van der Waals surface area contributed by atoms with Gasteiger partial charge in [-0.05, 0) is 44.0 Å². The topological polar surface area (TPSA) is 78.0 Å². The van der Waals surface area contributed by atoms with E-state index < -0.39 is 4.92 Å². The second-order valence-electron chi connectivity index (χ2n) is 4.17. The molecule has 0 atom stereocenters. The zero-order valence-corrected chi connectivity index (χ0v) is 13.7. The van der Waals surface area contributed by atoms with Gasteiger partial charge in [0.05, 0.1) is 16.6 Å². The monoisotopic (exact) mass is 391 g/mol. The Morgan fingerprint density at radius 3 is 2.62 bits per heavy atom. The lowest BCUT2D eigenvalue weighted by atomic mass is 10.1. The first kappa shape index (κ1) is 15.9. The van der Waals surface area contributed by atoms with Crippen molar-refractivity contribution in [1.82, 2.24) is 9.55 Å². The number of nitro groups is 1. The molecule has 21 heavy (non-hydrogen) atoms. The van der Waals surface area contributed by atoms with Crippen LogP contribution in [0, 0.1) is 17.0 Å². The van der Waals surface area contributed by atoms with Gasteiger partial charge in [0.2, 0.25) is 5.82 Å². The number of carbonyl (C=O) groups excluding carboxylic acids is 1. The average Bonchev–Trinajstić information content (AvgIpc) is 2.70. The summed E-state index contributed by atoms with van der Waals surface area (Å²) < 4.78 is 1.57. The number of aryl methyl sites for hydroxylation is 1. The molecule has 0 fully saturated rings. The number of hydrogen-bond donors (Lipinski definition) is 0. The molecular formula is C12H8BrCl2N3O3. The predicted octanol–water partition coefficient (Wildman–Crippen LogP) is 4.05. The summed E-state index contributed by atoms with van der Waals surface area (Å²) in [5, 5.41) is 11.4. The van der Waals surface area contributed by atoms with Gasteiger partial charge in [-0.2, -0.15) is 0 Å². The highest BCUT2D eigenvalue weighted by Crippen LogP contribution is 2.27. The van der Waals surface area contributed by atoms with Crippen LogP contribution in [0.1, 0.15) is 16.2 Å². The van der Waals surface area contributed by atoms with E-state index in [9.17, 15) is 14.9 Å². The van der Waals surface area contributed by atoms with Gasteiger partial charge in [-0.15, -0.1) is 0 Å². The van der Waals surface area contributed by atoms with Crippen molar-refractivity contribution < 1.29 is 9.72 Å². The van der Waals surface area contributed by atoms with E-state index >= 15 is 0 Å². The third kappa shape index (κ3) is 3.25. The molecule has 1 aromatic heterocycles. The van der Waals surface area contributed by atoms with Crippen molar-refractivity contribution in [3.63, 3.8) is 0 Å². The van der Waals surface area contributed by atoms with Crippen LogP contribution in [-0.4, -0.2) is 20.3 Å². The van der Waals surface area contributed by atoms with Gasteiger partial charge in [0.15, 0.2) is 10.4 Å². The third-order valence-electron chi connectivity index (χ3n) is 2.80. The molecule has 0 amide bonds. The van der Waals surface area contributed by atoms with Crippen LogP contribution in [0.25, 0.3) is 0 Å². The van der Waals surface area contributed by atoms with Crippen molar-refractivity contribution in [3.05, 3.63) is 54.3 Å². The molecule has 1 aromatic carbocycles. The number of ketones is 1. The lowest BCUT2D eigenvalue weighted by molar-refractivity contribution is -0.390. The van der Waals surface area contributed by atoms with Gasteiger partial charge < -0.3 is 10.1 Å². The first-order valence-corrected chi connectivity index (χ1v) is 7.21. The minimum atomic E-state index is -0.614. The highest BCUT2D eigenvalue weighted by atomic mass is 79.9. The van der Waals surface area contributed by atoms with Gasteiger partial charge >= 0.3 is 5.82 Å². The smallest absolute Gasteiger partial charge is 0.358 e. The molecule has 0 radical (unpaired) electrons. The number of carbonyl (C=O) groups is 1. The molecule has 0 aliphatic heterocycles. The number of imidazole rings is 1. The zero-order chi connectivity index (χ0) is 15.7. The Hall–Kier alpha value is -1.44. The molecule has 0 bridgehead atoms. The maximum Gasteiger partial charge on any atom is 0.396 e. The lowest BCUT2D eigenvalue weighted by Gasteiger charge is -2.05. The van der Waals surface area contributed by atoms with Crippen LogP contribution in [-0.2, 0) is 6.54 Å². The van der Waals surface area contributed by atoms with E-state index in [1.807, 2.05) is 0 Å². The zero-order valence-electron chi connectivity index (χ0n) is 10.6. The molecule has 0 aliphatic carbocycles. The SMILES string of the molecule is Cc1nc([N+](=O)[O-])c(Br)n1CC(=O)c1ccc(Cl)c(Cl)c1. The fourth-order valence-corrected chi connectivity index (χ4v) is 2.64. The Morgan fingerprint density at radius 1 is 1.43 bits per heavy atom. The minimum absolute atomic E-state index is 0.0920. The summed E-state index contributed by atoms with van der Waals surface area (Å²) in [4.78, 5) is 26.2. The minimum Gasteiger partial charge on any atom is -0.358 e. The summed E-state index contributed by atoms with van der Waals surface area (Å²) in [5.74, 6) is -0.221. The van der Waals surface area contributed by atoms with E-state index in [4.69, 9.17) is 23.2 Å². The molecule has 0 aliphatic rings. The van der Waals surface area contributed by atoms with Crippen LogP contribution >= 0.6 is 39.1 Å². The van der Waals surface area contributed by atoms with Gasteiger partial charge in [0, 0.05) is 12.5 Å². The van der Waals surface area contributed by atoms with Gasteiger partial charge in [-0.3, -0.25) is 9.36 Å². The number of halogens is 3. The summed E-state index contributed by atoms with van der Waals surface area (Å²) in [6, 6.07) is 4.53. The van der Waals surface area contributed by atoms with E-state index in [0.29, 0.717) is 16.4 Å². The van der Waals surface area contributed by atoms with Crippen molar-refractivity contribution in [3.8, 4) is 0 Å². The van der Waals surface area contributed by atoms with Crippen LogP contribution < -0.4 is 0 Å². The highest BCUT2D eigenvalue weighted by Gasteiger charge is 2.24. The van der Waals surface area contributed by atoms with E-state index in [2.05, 4.69) is 20.9 Å². The third-order valence-corrected chi connectivity index (χ3v) is 4.32. The van der Waals surface area contributed by atoms with Gasteiger partial charge in [0.25, 0.3) is 0 Å². The summed E-state index contributed by atoms with van der Waals surface area (Å²) >= 11 is 14.7. The van der Waals surface area contributed by atoms with E-state index in [1.165, 1.54) is 16.7 Å². The normalized spacial score (nSPS) is 10.7. The van der Waals surface area contributed by atoms with E-state index in [0.717, 1.165) is 0 Å². The standard InChI is InChI=1S/C12H8BrCl2N3O3/c1-6-16-12(18(20)21)11(13)17(6)5-10(19)7-2-3-8(14)9(15)4-7/h2-4H,5H2,1H3. The molecular weight excluding hydrogens is 385 g/mol. The molecule has 0 saturated heterocycles. The number of aromatic nitrogens is 2. The summed E-state index contributed by atoms with van der Waals surface area (Å²) in [6.45, 7) is 1.49. The van der Waals surface area contributed by atoms with Crippen LogP contribution in [0.3, 0.4) is 0 Å². The molecule has 6 nitrogen and oxygen atoms in total. The van der Waals surface area contributed by atoms with Gasteiger partial charge in [0.1, 0.15) is 0 Å². The molecule has 2 aromatic rings. The van der Waals surface area contributed by atoms with E-state index in [1.54, 1.807) is 13.0 Å². The summed E-state index contributed by atoms with van der Waals surface area (Å²) in [6.07, 6.45) is 0. The van der Waals surface area contributed by atoms with Crippen molar-refractivity contribution >= 4 is 50.7 Å². The second-order valence-corrected chi connectivity index (χ2v) is 5.73. The maximum atomic E-state index is 12.2. The predicted molar refractivity (Wildman–Crippen MR) is 82.1 cm³/mol. The molecule has 0 spiro atoms. The number of benzene rings is 1. The highest BCUT2D eigenvalue weighted by molar-refractivity contribution is 9.10.